The van der Waals surface area contributed by atoms with E-state index in [4.69, 9.17) is 15.2 Å². The molecule has 0 saturated carbocycles. The minimum atomic E-state index is -0.966. The van der Waals surface area contributed by atoms with Gasteiger partial charge in [-0.2, -0.15) is 0 Å². The molecular formula is C24H28N2O5. The molecule has 3 rings (SSSR count). The molecule has 2 aromatic rings. The van der Waals surface area contributed by atoms with Gasteiger partial charge in [0, 0.05) is 5.56 Å². The first-order valence-electron chi connectivity index (χ1n) is 10.4. The first-order valence-corrected chi connectivity index (χ1v) is 10.4. The van der Waals surface area contributed by atoms with Gasteiger partial charge >= 0.3 is 0 Å². The number of nitrogens with two attached hydrogens (primary N) is 1. The van der Waals surface area contributed by atoms with Gasteiger partial charge in [-0.1, -0.05) is 50.2 Å². The fourth-order valence-corrected chi connectivity index (χ4v) is 3.46. The molecule has 164 valence electrons. The van der Waals surface area contributed by atoms with Crippen molar-refractivity contribution in [1.82, 2.24) is 4.90 Å². The lowest BCUT2D eigenvalue weighted by Crippen LogP contribution is -2.54. The molecule has 1 aliphatic heterocycles. The zero-order valence-electron chi connectivity index (χ0n) is 17.8. The van der Waals surface area contributed by atoms with Gasteiger partial charge in [-0.15, -0.1) is 0 Å². The molecule has 2 amide bonds. The number of nitrogens with zero attached hydrogens (tertiary/aromatic N) is 1. The largest absolute Gasteiger partial charge is 0.489 e. The summed E-state index contributed by atoms with van der Waals surface area (Å²) in [6, 6.07) is 14.4. The molecule has 1 fully saturated rings. The Balaban J connectivity index is 1.81. The molecule has 2 N–H and O–H groups in total. The van der Waals surface area contributed by atoms with Crippen molar-refractivity contribution < 1.29 is 23.9 Å². The van der Waals surface area contributed by atoms with Crippen LogP contribution < -0.4 is 10.5 Å². The van der Waals surface area contributed by atoms with Crippen molar-refractivity contribution in [3.8, 4) is 5.75 Å². The van der Waals surface area contributed by atoms with E-state index in [0.29, 0.717) is 18.8 Å². The number of hydrogen-bond donors (Lipinski definition) is 1. The Morgan fingerprint density at radius 3 is 2.55 bits per heavy atom. The van der Waals surface area contributed by atoms with E-state index in [1.54, 1.807) is 24.3 Å². The van der Waals surface area contributed by atoms with Gasteiger partial charge < -0.3 is 15.2 Å². The molecule has 7 nitrogen and oxygen atoms in total. The Labute approximate surface area is 182 Å². The minimum absolute atomic E-state index is 0.0189. The Hall–Kier alpha value is -3.03. The van der Waals surface area contributed by atoms with Crippen molar-refractivity contribution in [1.29, 1.82) is 0 Å². The summed E-state index contributed by atoms with van der Waals surface area (Å²) in [5.74, 6) is -0.810. The van der Waals surface area contributed by atoms with Crippen LogP contribution in [-0.4, -0.2) is 47.8 Å². The van der Waals surface area contributed by atoms with E-state index in [9.17, 15) is 14.4 Å². The predicted octanol–water partition coefficient (Wildman–Crippen LogP) is 2.58. The van der Waals surface area contributed by atoms with Crippen molar-refractivity contribution in [2.45, 2.75) is 39.0 Å². The summed E-state index contributed by atoms with van der Waals surface area (Å²) in [5.41, 5.74) is 7.31. The van der Waals surface area contributed by atoms with Gasteiger partial charge in [-0.25, -0.2) is 0 Å². The first-order chi connectivity index (χ1) is 14.9. The van der Waals surface area contributed by atoms with Gasteiger partial charge in [0.05, 0.1) is 12.6 Å². The summed E-state index contributed by atoms with van der Waals surface area (Å²) in [7, 11) is 0. The molecular weight excluding hydrogens is 396 g/mol. The van der Waals surface area contributed by atoms with Gasteiger partial charge in [0.1, 0.15) is 25.0 Å². The lowest BCUT2D eigenvalue weighted by molar-refractivity contribution is -0.136. The van der Waals surface area contributed by atoms with Crippen LogP contribution in [0.4, 0.5) is 0 Å². The van der Waals surface area contributed by atoms with E-state index in [0.717, 1.165) is 10.5 Å². The van der Waals surface area contributed by atoms with Crippen molar-refractivity contribution in [2.24, 2.45) is 11.7 Å². The Bertz CT molecular complexity index is 929. The molecule has 0 bridgehead atoms. The fourth-order valence-electron chi connectivity index (χ4n) is 3.46. The maximum atomic E-state index is 13.3. The number of amides is 2. The predicted molar refractivity (Wildman–Crippen MR) is 115 cm³/mol. The third-order valence-corrected chi connectivity index (χ3v) is 5.03. The summed E-state index contributed by atoms with van der Waals surface area (Å²) in [6.07, 6.45) is 0.407. The topological polar surface area (TPSA) is 98.9 Å². The SMILES string of the molecule is CC(C)C[C@H](N)C(=O)N(C(=O)c1cccc(OCc2ccccc2)c1)[C@@H]1COCC1=O. The van der Waals surface area contributed by atoms with Crippen LogP contribution in [0.2, 0.25) is 0 Å². The number of ether oxygens (including phenoxy) is 2. The molecule has 31 heavy (non-hydrogen) atoms. The molecule has 2 aromatic carbocycles. The quantitative estimate of drug-likeness (QED) is 0.699. The molecule has 1 saturated heterocycles. The molecule has 1 aliphatic rings. The van der Waals surface area contributed by atoms with Crippen LogP contribution in [0.5, 0.6) is 5.75 Å². The molecule has 1 heterocycles. The average molecular weight is 424 g/mol. The van der Waals surface area contributed by atoms with Crippen LogP contribution >= 0.6 is 0 Å². The van der Waals surface area contributed by atoms with Gasteiger partial charge in [0.15, 0.2) is 5.78 Å². The van der Waals surface area contributed by atoms with Gasteiger partial charge in [-0.05, 0) is 36.1 Å². The average Bonchev–Trinajstić information content (AvgIpc) is 3.18. The van der Waals surface area contributed by atoms with E-state index in [1.165, 1.54) is 0 Å². The Morgan fingerprint density at radius 1 is 1.16 bits per heavy atom. The first kappa shape index (κ1) is 22.7. The van der Waals surface area contributed by atoms with E-state index in [1.807, 2.05) is 44.2 Å². The summed E-state index contributed by atoms with van der Waals surface area (Å²) in [4.78, 5) is 39.6. The second-order valence-electron chi connectivity index (χ2n) is 8.05. The van der Waals surface area contributed by atoms with E-state index >= 15 is 0 Å². The zero-order chi connectivity index (χ0) is 22.4. The molecule has 0 aliphatic carbocycles. The fraction of sp³-hybridized carbons (Fsp3) is 0.375. The molecule has 0 unspecified atom stereocenters. The normalized spacial score (nSPS) is 16.9. The maximum absolute atomic E-state index is 13.3. The highest BCUT2D eigenvalue weighted by atomic mass is 16.5. The number of Topliss-reactive ketones (excluding diaryl/α,β-unsaturated/α-hetero) is 1. The third kappa shape index (κ3) is 5.77. The summed E-state index contributed by atoms with van der Waals surface area (Å²) in [6.45, 7) is 4.08. The van der Waals surface area contributed by atoms with Crippen molar-refractivity contribution in [3.63, 3.8) is 0 Å². The number of carbonyl (C=O) groups excluding carboxylic acids is 3. The summed E-state index contributed by atoms with van der Waals surface area (Å²) in [5, 5.41) is 0. The Morgan fingerprint density at radius 2 is 1.90 bits per heavy atom. The van der Waals surface area contributed by atoms with Gasteiger partial charge in [-0.3, -0.25) is 19.3 Å². The van der Waals surface area contributed by atoms with Crippen LogP contribution in [0.3, 0.4) is 0 Å². The second kappa shape index (κ2) is 10.3. The molecule has 7 heteroatoms. The highest BCUT2D eigenvalue weighted by molar-refractivity contribution is 6.09. The monoisotopic (exact) mass is 424 g/mol. The van der Waals surface area contributed by atoms with Gasteiger partial charge in [0.25, 0.3) is 5.91 Å². The van der Waals surface area contributed by atoms with Gasteiger partial charge in [0.2, 0.25) is 5.91 Å². The minimum Gasteiger partial charge on any atom is -0.489 e. The van der Waals surface area contributed by atoms with Crippen molar-refractivity contribution in [3.05, 3.63) is 65.7 Å². The number of imide groups is 1. The van der Waals surface area contributed by atoms with Crippen molar-refractivity contribution in [2.75, 3.05) is 13.2 Å². The lowest BCUT2D eigenvalue weighted by Gasteiger charge is -2.28. The number of ketones is 1. The zero-order valence-corrected chi connectivity index (χ0v) is 17.8. The van der Waals surface area contributed by atoms with Crippen LogP contribution in [0.15, 0.2) is 54.6 Å². The highest BCUT2D eigenvalue weighted by Crippen LogP contribution is 2.21. The van der Waals surface area contributed by atoms with Crippen LogP contribution in [0.25, 0.3) is 0 Å². The summed E-state index contributed by atoms with van der Waals surface area (Å²) >= 11 is 0. The highest BCUT2D eigenvalue weighted by Gasteiger charge is 2.40. The third-order valence-electron chi connectivity index (χ3n) is 5.03. The smallest absolute Gasteiger partial charge is 0.261 e. The molecule has 0 aromatic heterocycles. The molecule has 2 atom stereocenters. The number of carbonyl (C=O) groups is 3. The Kier molecular flexibility index (Phi) is 7.55. The number of rotatable bonds is 8. The standard InChI is InChI=1S/C24H28N2O5/c1-16(2)11-20(25)24(29)26(21-14-30-15-22(21)27)23(28)18-9-6-10-19(12-18)31-13-17-7-4-3-5-8-17/h3-10,12,16,20-21H,11,13-15,25H2,1-2H3/t20-,21+/m0/s1. The van der Waals surface area contributed by atoms with E-state index in [-0.39, 0.29) is 30.5 Å². The van der Waals surface area contributed by atoms with E-state index < -0.39 is 23.9 Å². The van der Waals surface area contributed by atoms with Crippen molar-refractivity contribution >= 4 is 17.6 Å². The van der Waals surface area contributed by atoms with Crippen LogP contribution in [-0.2, 0) is 20.9 Å². The maximum Gasteiger partial charge on any atom is 0.261 e. The van der Waals surface area contributed by atoms with Crippen LogP contribution in [0.1, 0.15) is 36.2 Å². The molecule has 0 radical (unpaired) electrons. The number of benzene rings is 2. The molecule has 0 spiro atoms. The lowest BCUT2D eigenvalue weighted by atomic mass is 10.0. The number of hydrogen-bond acceptors (Lipinski definition) is 6. The van der Waals surface area contributed by atoms with E-state index in [2.05, 4.69) is 0 Å². The van der Waals surface area contributed by atoms with Crippen LogP contribution in [0, 0.1) is 5.92 Å². The summed E-state index contributed by atoms with van der Waals surface area (Å²) < 4.78 is 11.0. The second-order valence-corrected chi connectivity index (χ2v) is 8.05.